The standard InChI is InChI=1S/C25H19FN4O4S2/c1-14-19-11-21(36-23(19)30(29-14)17-7-5-16(26)6-8-17)24(32)34-12-22(31)28-25-27-20(13-35-25)15-3-9-18(33-2)10-4-15/h3-11,13H,12H2,1-2H3,(H,27,28,31). The molecule has 0 fully saturated rings. The Balaban J connectivity index is 1.22. The van der Waals surface area contributed by atoms with Crippen molar-refractivity contribution in [3.05, 3.63) is 76.4 Å². The highest BCUT2D eigenvalue weighted by atomic mass is 32.1. The fourth-order valence-corrected chi connectivity index (χ4v) is 5.30. The monoisotopic (exact) mass is 522 g/mol. The molecule has 0 bridgehead atoms. The molecule has 0 spiro atoms. The second-order valence-corrected chi connectivity index (χ2v) is 9.58. The molecule has 0 saturated carbocycles. The van der Waals surface area contributed by atoms with Crippen LogP contribution in [-0.2, 0) is 9.53 Å². The van der Waals surface area contributed by atoms with E-state index in [1.54, 1.807) is 30.0 Å². The summed E-state index contributed by atoms with van der Waals surface area (Å²) in [5, 5.41) is 10.1. The number of thiazole rings is 1. The van der Waals surface area contributed by atoms with Crippen molar-refractivity contribution in [2.75, 3.05) is 19.0 Å². The maximum absolute atomic E-state index is 13.3. The molecule has 1 amide bonds. The smallest absolute Gasteiger partial charge is 0.348 e. The fourth-order valence-electron chi connectivity index (χ4n) is 3.49. The number of carbonyl (C=O) groups excluding carboxylic acids is 2. The zero-order chi connectivity index (χ0) is 25.2. The molecule has 3 aromatic heterocycles. The number of aromatic nitrogens is 3. The van der Waals surface area contributed by atoms with Crippen LogP contribution in [0.2, 0.25) is 0 Å². The highest BCUT2D eigenvalue weighted by Crippen LogP contribution is 2.31. The number of fused-ring (bicyclic) bond motifs is 1. The lowest BCUT2D eigenvalue weighted by molar-refractivity contribution is -0.119. The van der Waals surface area contributed by atoms with Crippen LogP contribution < -0.4 is 10.1 Å². The third kappa shape index (κ3) is 4.83. The number of esters is 1. The van der Waals surface area contributed by atoms with E-state index in [0.717, 1.165) is 27.2 Å². The van der Waals surface area contributed by atoms with E-state index < -0.39 is 18.5 Å². The normalized spacial score (nSPS) is 11.0. The Morgan fingerprint density at radius 1 is 1.11 bits per heavy atom. The van der Waals surface area contributed by atoms with Crippen molar-refractivity contribution < 1.29 is 23.5 Å². The van der Waals surface area contributed by atoms with Crippen molar-refractivity contribution >= 4 is 49.9 Å². The van der Waals surface area contributed by atoms with E-state index in [0.29, 0.717) is 21.4 Å². The summed E-state index contributed by atoms with van der Waals surface area (Å²) < 4.78 is 25.3. The number of nitrogens with one attached hydrogen (secondary N) is 1. The Morgan fingerprint density at radius 3 is 2.58 bits per heavy atom. The van der Waals surface area contributed by atoms with Crippen LogP contribution in [0, 0.1) is 12.7 Å². The molecule has 1 N–H and O–H groups in total. The number of amides is 1. The van der Waals surface area contributed by atoms with Crippen LogP contribution in [0.1, 0.15) is 15.4 Å². The minimum atomic E-state index is -0.616. The minimum Gasteiger partial charge on any atom is -0.497 e. The van der Waals surface area contributed by atoms with Gasteiger partial charge < -0.3 is 9.47 Å². The van der Waals surface area contributed by atoms with E-state index in [-0.39, 0.29) is 5.82 Å². The van der Waals surface area contributed by atoms with Gasteiger partial charge in [0, 0.05) is 16.3 Å². The molecule has 0 unspecified atom stereocenters. The van der Waals surface area contributed by atoms with Crippen LogP contribution >= 0.6 is 22.7 Å². The molecule has 0 saturated heterocycles. The summed E-state index contributed by atoms with van der Waals surface area (Å²) >= 11 is 2.47. The number of hydrogen-bond donors (Lipinski definition) is 1. The van der Waals surface area contributed by atoms with E-state index in [2.05, 4.69) is 15.4 Å². The first-order valence-corrected chi connectivity index (χ1v) is 12.4. The third-order valence-corrected chi connectivity index (χ3v) is 7.14. The Kier molecular flexibility index (Phi) is 6.49. The molecule has 5 aromatic rings. The van der Waals surface area contributed by atoms with Gasteiger partial charge >= 0.3 is 5.97 Å². The Labute approximate surface area is 212 Å². The maximum atomic E-state index is 13.3. The quantitative estimate of drug-likeness (QED) is 0.285. The zero-order valence-corrected chi connectivity index (χ0v) is 20.8. The van der Waals surface area contributed by atoms with Crippen LogP contribution in [0.25, 0.3) is 27.2 Å². The topological polar surface area (TPSA) is 95.3 Å². The number of anilines is 1. The van der Waals surface area contributed by atoms with Gasteiger partial charge in [0.15, 0.2) is 11.7 Å². The molecule has 5 rings (SSSR count). The van der Waals surface area contributed by atoms with Gasteiger partial charge in [-0.15, -0.1) is 22.7 Å². The predicted molar refractivity (Wildman–Crippen MR) is 137 cm³/mol. The number of ether oxygens (including phenoxy) is 2. The highest BCUT2D eigenvalue weighted by Gasteiger charge is 2.19. The van der Waals surface area contributed by atoms with Crippen LogP contribution in [0.15, 0.2) is 60.0 Å². The number of benzene rings is 2. The van der Waals surface area contributed by atoms with Crippen molar-refractivity contribution in [3.63, 3.8) is 0 Å². The summed E-state index contributed by atoms with van der Waals surface area (Å²) in [5.41, 5.74) is 3.00. The Hall–Kier alpha value is -4.09. The number of aryl methyl sites for hydroxylation is 1. The van der Waals surface area contributed by atoms with Gasteiger partial charge in [-0.05, 0) is 61.5 Å². The second kappa shape index (κ2) is 9.88. The van der Waals surface area contributed by atoms with Crippen LogP contribution in [0.4, 0.5) is 9.52 Å². The highest BCUT2D eigenvalue weighted by molar-refractivity contribution is 7.20. The van der Waals surface area contributed by atoms with Crippen molar-refractivity contribution in [1.29, 1.82) is 0 Å². The summed E-state index contributed by atoms with van der Waals surface area (Å²) in [6, 6.07) is 15.0. The van der Waals surface area contributed by atoms with E-state index >= 15 is 0 Å². The summed E-state index contributed by atoms with van der Waals surface area (Å²) in [4.78, 5) is 30.4. The molecule has 36 heavy (non-hydrogen) atoms. The molecule has 8 nitrogen and oxygen atoms in total. The molecule has 0 aliphatic heterocycles. The number of methoxy groups -OCH3 is 1. The molecule has 0 radical (unpaired) electrons. The van der Waals surface area contributed by atoms with E-state index in [1.807, 2.05) is 36.6 Å². The van der Waals surface area contributed by atoms with Crippen LogP contribution in [0.5, 0.6) is 5.75 Å². The first kappa shape index (κ1) is 23.6. The number of hydrogen-bond acceptors (Lipinski definition) is 8. The van der Waals surface area contributed by atoms with Gasteiger partial charge in [-0.3, -0.25) is 10.1 Å². The molecular weight excluding hydrogens is 503 g/mol. The SMILES string of the molecule is COc1ccc(-c2csc(NC(=O)COC(=O)c3cc4c(C)nn(-c5ccc(F)cc5)c4s3)n2)cc1. The van der Waals surface area contributed by atoms with Gasteiger partial charge in [0.25, 0.3) is 5.91 Å². The number of rotatable bonds is 7. The lowest BCUT2D eigenvalue weighted by Crippen LogP contribution is -2.20. The van der Waals surface area contributed by atoms with Crippen LogP contribution in [-0.4, -0.2) is 40.4 Å². The molecule has 11 heteroatoms. The van der Waals surface area contributed by atoms with Gasteiger partial charge in [0.05, 0.1) is 24.2 Å². The fraction of sp³-hybridized carbons (Fsp3) is 0.120. The van der Waals surface area contributed by atoms with Crippen LogP contribution in [0.3, 0.4) is 0 Å². The third-order valence-electron chi connectivity index (χ3n) is 5.29. The lowest BCUT2D eigenvalue weighted by atomic mass is 10.2. The second-order valence-electron chi connectivity index (χ2n) is 7.69. The van der Waals surface area contributed by atoms with Crippen molar-refractivity contribution in [2.45, 2.75) is 6.92 Å². The van der Waals surface area contributed by atoms with Gasteiger partial charge in [0.2, 0.25) is 0 Å². The van der Waals surface area contributed by atoms with Gasteiger partial charge in [-0.2, -0.15) is 5.10 Å². The van der Waals surface area contributed by atoms with Crippen molar-refractivity contribution in [3.8, 4) is 22.7 Å². The number of nitrogens with zero attached hydrogens (tertiary/aromatic N) is 3. The average molecular weight is 523 g/mol. The predicted octanol–water partition coefficient (Wildman–Crippen LogP) is 5.46. The molecule has 3 heterocycles. The first-order chi connectivity index (χ1) is 17.4. The summed E-state index contributed by atoms with van der Waals surface area (Å²) in [7, 11) is 1.60. The van der Waals surface area contributed by atoms with E-state index in [1.165, 1.54) is 34.8 Å². The number of thiophene rings is 1. The summed E-state index contributed by atoms with van der Waals surface area (Å²) in [5.74, 6) is -0.712. The molecule has 182 valence electrons. The van der Waals surface area contributed by atoms with Gasteiger partial charge in [-0.25, -0.2) is 18.9 Å². The Morgan fingerprint density at radius 2 is 1.86 bits per heavy atom. The molecule has 0 aliphatic carbocycles. The van der Waals surface area contributed by atoms with Gasteiger partial charge in [-0.1, -0.05) is 0 Å². The summed E-state index contributed by atoms with van der Waals surface area (Å²) in [6.45, 7) is 1.37. The molecule has 0 atom stereocenters. The summed E-state index contributed by atoms with van der Waals surface area (Å²) in [6.07, 6.45) is 0. The average Bonchev–Trinajstić information content (AvgIpc) is 3.60. The molecule has 0 aliphatic rings. The molecular formula is C25H19FN4O4S2. The van der Waals surface area contributed by atoms with Crippen molar-refractivity contribution in [2.24, 2.45) is 0 Å². The van der Waals surface area contributed by atoms with E-state index in [9.17, 15) is 14.0 Å². The largest absolute Gasteiger partial charge is 0.497 e. The molecule has 2 aromatic carbocycles. The zero-order valence-electron chi connectivity index (χ0n) is 19.1. The van der Waals surface area contributed by atoms with Gasteiger partial charge in [0.1, 0.15) is 21.3 Å². The lowest BCUT2D eigenvalue weighted by Gasteiger charge is -2.04. The Bertz CT molecular complexity index is 1560. The van der Waals surface area contributed by atoms with E-state index in [4.69, 9.17) is 9.47 Å². The van der Waals surface area contributed by atoms with Crippen molar-refractivity contribution in [1.82, 2.24) is 14.8 Å². The number of halogens is 1. The minimum absolute atomic E-state index is 0.338. The first-order valence-electron chi connectivity index (χ1n) is 10.7. The number of carbonyl (C=O) groups is 2. The maximum Gasteiger partial charge on any atom is 0.348 e.